The standard InChI is InChI=1S/2C15H25N3O10/c19-11(20)1-2-16(3-5-17(7-12(21)22)8-13(23)24)4-6-18(9-14(25)26)10-15(27)28;19-11(20)1-2-16(7-12(21)22)3-4-17(8-13(23)24)5-6-18(9-14(25)26)10-15(27)28/h2*1-10H2,(H,19,20)(H,21,22)(H,23,24)(H,25,26)(H,27,28). The van der Waals surface area contributed by atoms with Gasteiger partial charge < -0.3 is 56.0 Å². The highest BCUT2D eigenvalue weighted by atomic mass is 16.4. The van der Waals surface area contributed by atoms with Crippen molar-refractivity contribution in [3.63, 3.8) is 0 Å². The summed E-state index contributed by atoms with van der Waals surface area (Å²) in [6, 6.07) is 0. The Kier molecular flexibility index (Phi) is 27.9. The maximum absolute atomic E-state index is 11.0. The van der Waals surface area contributed by atoms with Crippen molar-refractivity contribution in [1.82, 2.24) is 29.4 Å². The first-order valence-corrected chi connectivity index (χ1v) is 16.5. The van der Waals surface area contributed by atoms with Gasteiger partial charge in [-0.25, -0.2) is 0 Å². The lowest BCUT2D eigenvalue weighted by Crippen LogP contribution is -2.45. The lowest BCUT2D eigenvalue weighted by Gasteiger charge is -2.28. The van der Waals surface area contributed by atoms with Gasteiger partial charge in [-0.3, -0.25) is 72.4 Å². The molecule has 0 rings (SSSR count). The predicted molar refractivity (Wildman–Crippen MR) is 184 cm³/mol. The van der Waals surface area contributed by atoms with E-state index in [1.165, 1.54) is 9.80 Å². The Morgan fingerprint density at radius 1 is 0.214 bits per heavy atom. The zero-order valence-electron chi connectivity index (χ0n) is 30.4. The molecule has 0 atom stereocenters. The number of hydrogen-bond donors (Lipinski definition) is 10. The van der Waals surface area contributed by atoms with E-state index < -0.39 is 112 Å². The molecule has 10 N–H and O–H groups in total. The highest BCUT2D eigenvalue weighted by Gasteiger charge is 2.20. The summed E-state index contributed by atoms with van der Waals surface area (Å²) in [6.45, 7) is -3.47. The second kappa shape index (κ2) is 29.8. The summed E-state index contributed by atoms with van der Waals surface area (Å²) in [5, 5.41) is 88.4. The van der Waals surface area contributed by atoms with Gasteiger partial charge in [-0.1, -0.05) is 0 Å². The Morgan fingerprint density at radius 3 is 0.589 bits per heavy atom. The van der Waals surface area contributed by atoms with Gasteiger partial charge in [0.1, 0.15) is 0 Å². The van der Waals surface area contributed by atoms with Gasteiger partial charge in [0.05, 0.1) is 65.2 Å². The molecule has 0 unspecified atom stereocenters. The Bertz CT molecular complexity index is 1240. The average Bonchev–Trinajstić information content (AvgIpc) is 3.02. The van der Waals surface area contributed by atoms with E-state index in [9.17, 15) is 47.9 Å². The molecular formula is C30H50N6O20. The first kappa shape index (κ1) is 52.6. The molecule has 0 amide bonds. The van der Waals surface area contributed by atoms with E-state index in [1.807, 2.05) is 0 Å². The Labute approximate surface area is 318 Å². The van der Waals surface area contributed by atoms with Gasteiger partial charge in [-0.05, 0) is 0 Å². The predicted octanol–water partition coefficient (Wildman–Crippen LogP) is -4.59. The number of aliphatic carboxylic acids is 10. The quantitative estimate of drug-likeness (QED) is 0.0292. The number of carboxylic acids is 10. The molecule has 0 radical (unpaired) electrons. The zero-order valence-corrected chi connectivity index (χ0v) is 30.4. The van der Waals surface area contributed by atoms with E-state index in [2.05, 4.69) is 0 Å². The molecule has 26 heteroatoms. The molecule has 0 aromatic heterocycles. The van der Waals surface area contributed by atoms with Gasteiger partial charge in [-0.15, -0.1) is 0 Å². The van der Waals surface area contributed by atoms with Crippen molar-refractivity contribution in [3.8, 4) is 0 Å². The molecule has 0 aliphatic carbocycles. The molecule has 0 heterocycles. The van der Waals surface area contributed by atoms with Gasteiger partial charge in [0.2, 0.25) is 0 Å². The smallest absolute Gasteiger partial charge is 0.317 e. The van der Waals surface area contributed by atoms with Crippen molar-refractivity contribution in [1.29, 1.82) is 0 Å². The van der Waals surface area contributed by atoms with E-state index >= 15 is 0 Å². The number of rotatable bonds is 34. The summed E-state index contributed by atoms with van der Waals surface area (Å²) in [4.78, 5) is 116. The van der Waals surface area contributed by atoms with Crippen LogP contribution in [0.2, 0.25) is 0 Å². The van der Waals surface area contributed by atoms with Crippen LogP contribution in [0.3, 0.4) is 0 Å². The fourth-order valence-electron chi connectivity index (χ4n) is 4.69. The molecule has 0 aromatic carbocycles. The first-order valence-electron chi connectivity index (χ1n) is 16.5. The van der Waals surface area contributed by atoms with Crippen LogP contribution < -0.4 is 0 Å². The average molecular weight is 815 g/mol. The van der Waals surface area contributed by atoms with E-state index in [0.717, 1.165) is 14.7 Å². The third-order valence-corrected chi connectivity index (χ3v) is 7.08. The lowest BCUT2D eigenvalue weighted by molar-refractivity contribution is -0.144. The summed E-state index contributed by atoms with van der Waals surface area (Å²) in [5.74, 6) is -11.8. The van der Waals surface area contributed by atoms with Crippen LogP contribution in [0.1, 0.15) is 12.8 Å². The number of carboxylic acid groups (broad SMARTS) is 10. The van der Waals surface area contributed by atoms with E-state index in [-0.39, 0.29) is 78.3 Å². The van der Waals surface area contributed by atoms with Crippen LogP contribution >= 0.6 is 0 Å². The Balaban J connectivity index is 0. The van der Waals surface area contributed by atoms with Crippen molar-refractivity contribution in [2.75, 3.05) is 118 Å². The zero-order chi connectivity index (χ0) is 43.4. The molecular weight excluding hydrogens is 764 g/mol. The van der Waals surface area contributed by atoms with Crippen molar-refractivity contribution in [2.24, 2.45) is 0 Å². The van der Waals surface area contributed by atoms with Crippen molar-refractivity contribution >= 4 is 59.7 Å². The van der Waals surface area contributed by atoms with Crippen LogP contribution in [0.25, 0.3) is 0 Å². The van der Waals surface area contributed by atoms with Crippen LogP contribution in [0.15, 0.2) is 0 Å². The molecule has 0 aromatic rings. The fraction of sp³-hybridized carbons (Fsp3) is 0.667. The minimum atomic E-state index is -1.23. The maximum atomic E-state index is 11.0. The van der Waals surface area contributed by atoms with E-state index in [1.54, 1.807) is 4.90 Å². The van der Waals surface area contributed by atoms with Gasteiger partial charge in [0, 0.05) is 65.4 Å². The van der Waals surface area contributed by atoms with Crippen molar-refractivity contribution in [2.45, 2.75) is 12.8 Å². The number of carbonyl (C=O) groups is 10. The van der Waals surface area contributed by atoms with E-state index in [4.69, 9.17) is 51.1 Å². The summed E-state index contributed by atoms with van der Waals surface area (Å²) in [5.41, 5.74) is 0. The van der Waals surface area contributed by atoms with Gasteiger partial charge in [0.25, 0.3) is 0 Å². The Morgan fingerprint density at radius 2 is 0.375 bits per heavy atom. The van der Waals surface area contributed by atoms with Gasteiger partial charge >= 0.3 is 59.7 Å². The molecule has 0 aliphatic rings. The maximum Gasteiger partial charge on any atom is 0.317 e. The highest BCUT2D eigenvalue weighted by molar-refractivity contribution is 5.74. The van der Waals surface area contributed by atoms with Crippen LogP contribution in [0.4, 0.5) is 0 Å². The minimum Gasteiger partial charge on any atom is -0.481 e. The molecule has 0 bridgehead atoms. The van der Waals surface area contributed by atoms with Gasteiger partial charge in [-0.2, -0.15) is 0 Å². The fourth-order valence-corrected chi connectivity index (χ4v) is 4.69. The normalized spacial score (nSPS) is 11.1. The lowest BCUT2D eigenvalue weighted by atomic mass is 10.3. The SMILES string of the molecule is O=C(O)CCN(CCN(CC(=O)O)CC(=O)O)CCN(CC(=O)O)CC(=O)O.O=C(O)CCN(CCN(CCN(CC(=O)O)CC(=O)O)CC(=O)O)CC(=O)O. The van der Waals surface area contributed by atoms with Crippen molar-refractivity contribution in [3.05, 3.63) is 0 Å². The van der Waals surface area contributed by atoms with Crippen LogP contribution in [-0.4, -0.2) is 258 Å². The third-order valence-electron chi connectivity index (χ3n) is 7.08. The minimum absolute atomic E-state index is 0.0239. The first-order chi connectivity index (χ1) is 26.0. The molecule has 0 aliphatic heterocycles. The molecule has 320 valence electrons. The second-order valence-electron chi connectivity index (χ2n) is 12.0. The molecule has 0 spiro atoms. The summed E-state index contributed by atoms with van der Waals surface area (Å²) >= 11 is 0. The second-order valence-corrected chi connectivity index (χ2v) is 12.0. The third kappa shape index (κ3) is 34.2. The molecule has 26 nitrogen and oxygen atoms in total. The highest BCUT2D eigenvalue weighted by Crippen LogP contribution is 2.00. The van der Waals surface area contributed by atoms with Crippen molar-refractivity contribution < 1.29 is 99.0 Å². The summed E-state index contributed by atoms with van der Waals surface area (Å²) < 4.78 is 0. The largest absolute Gasteiger partial charge is 0.481 e. The number of nitrogens with zero attached hydrogens (tertiary/aromatic N) is 6. The molecule has 0 saturated carbocycles. The van der Waals surface area contributed by atoms with Crippen LogP contribution in [0, 0.1) is 0 Å². The van der Waals surface area contributed by atoms with Gasteiger partial charge in [0.15, 0.2) is 0 Å². The summed E-state index contributed by atoms with van der Waals surface area (Å²) in [7, 11) is 0. The summed E-state index contributed by atoms with van der Waals surface area (Å²) in [6.07, 6.45) is -0.521. The molecule has 0 fully saturated rings. The topological polar surface area (TPSA) is 392 Å². The van der Waals surface area contributed by atoms with E-state index in [0.29, 0.717) is 0 Å². The molecule has 56 heavy (non-hydrogen) atoms. The van der Waals surface area contributed by atoms with Crippen LogP contribution in [-0.2, 0) is 47.9 Å². The van der Waals surface area contributed by atoms with Crippen LogP contribution in [0.5, 0.6) is 0 Å². The molecule has 0 saturated heterocycles. The Hall–Kier alpha value is -5.54. The number of hydrogen-bond acceptors (Lipinski definition) is 16. The monoisotopic (exact) mass is 814 g/mol.